The molecule has 35 heavy (non-hydrogen) atoms. The Kier molecular flexibility index (Phi) is 9.96. The van der Waals surface area contributed by atoms with Crippen molar-refractivity contribution in [3.63, 3.8) is 0 Å². The highest BCUT2D eigenvalue weighted by atomic mass is 79.9. The number of ether oxygens (including phenoxy) is 2. The molecule has 182 valence electrons. The lowest BCUT2D eigenvalue weighted by atomic mass is 10.2. The molecule has 0 spiro atoms. The fourth-order valence-corrected chi connectivity index (χ4v) is 3.81. The summed E-state index contributed by atoms with van der Waals surface area (Å²) >= 11 is 15.4. The number of hydrogen-bond donors (Lipinski definition) is 2. The van der Waals surface area contributed by atoms with Crippen LogP contribution in [-0.4, -0.2) is 25.1 Å². The highest BCUT2D eigenvalue weighted by Gasteiger charge is 2.12. The second-order valence-electron chi connectivity index (χ2n) is 7.27. The molecule has 7 nitrogen and oxygen atoms in total. The molecule has 0 aromatic heterocycles. The molecule has 3 aromatic carbocycles. The van der Waals surface area contributed by atoms with E-state index in [1.165, 1.54) is 13.3 Å². The van der Waals surface area contributed by atoms with Crippen molar-refractivity contribution in [1.82, 2.24) is 5.43 Å². The summed E-state index contributed by atoms with van der Waals surface area (Å²) in [5, 5.41) is 7.71. The molecule has 0 aliphatic rings. The Balaban J connectivity index is 1.52. The van der Waals surface area contributed by atoms with Crippen molar-refractivity contribution in [2.45, 2.75) is 19.4 Å². The summed E-state index contributed by atoms with van der Waals surface area (Å²) in [6.45, 7) is 0.333. The highest BCUT2D eigenvalue weighted by Crippen LogP contribution is 2.37. The zero-order valence-corrected chi connectivity index (χ0v) is 21.8. The zero-order chi connectivity index (χ0) is 25.2. The number of hydrazone groups is 1. The first kappa shape index (κ1) is 26.5. The van der Waals surface area contributed by atoms with Crippen LogP contribution >= 0.6 is 39.1 Å². The number of nitrogens with zero attached hydrogens (tertiary/aromatic N) is 1. The minimum absolute atomic E-state index is 0.00833. The number of methoxy groups -OCH3 is 1. The molecule has 3 rings (SSSR count). The molecule has 2 amide bonds. The molecule has 2 N–H and O–H groups in total. The van der Waals surface area contributed by atoms with E-state index in [0.717, 1.165) is 5.56 Å². The Labute approximate surface area is 221 Å². The van der Waals surface area contributed by atoms with Crippen molar-refractivity contribution in [3.05, 3.63) is 86.3 Å². The van der Waals surface area contributed by atoms with E-state index in [0.29, 0.717) is 43.9 Å². The van der Waals surface area contributed by atoms with Crippen molar-refractivity contribution >= 4 is 62.8 Å². The molecule has 0 heterocycles. The maximum absolute atomic E-state index is 12.0. The van der Waals surface area contributed by atoms with Gasteiger partial charge in [-0.15, -0.1) is 0 Å². The maximum Gasteiger partial charge on any atom is 0.240 e. The first-order chi connectivity index (χ1) is 16.9. The second-order valence-corrected chi connectivity index (χ2v) is 8.97. The van der Waals surface area contributed by atoms with Gasteiger partial charge < -0.3 is 14.8 Å². The number of rotatable bonds is 10. The Hall–Kier alpha value is -3.07. The van der Waals surface area contributed by atoms with Crippen LogP contribution in [0.2, 0.25) is 10.0 Å². The minimum Gasteiger partial charge on any atom is -0.493 e. The van der Waals surface area contributed by atoms with Crippen LogP contribution in [0.3, 0.4) is 0 Å². The molecule has 0 saturated heterocycles. The van der Waals surface area contributed by atoms with E-state index in [1.807, 2.05) is 12.1 Å². The van der Waals surface area contributed by atoms with Crippen molar-refractivity contribution in [2.75, 3.05) is 12.4 Å². The van der Waals surface area contributed by atoms with Crippen molar-refractivity contribution in [3.8, 4) is 11.5 Å². The number of hydrogen-bond acceptors (Lipinski definition) is 5. The summed E-state index contributed by atoms with van der Waals surface area (Å²) < 4.78 is 12.0. The van der Waals surface area contributed by atoms with Crippen LogP contribution in [0.1, 0.15) is 24.0 Å². The van der Waals surface area contributed by atoms with Crippen molar-refractivity contribution in [2.24, 2.45) is 5.10 Å². The largest absolute Gasteiger partial charge is 0.493 e. The topological polar surface area (TPSA) is 89.0 Å². The fraction of sp³-hybridized carbons (Fsp3) is 0.160. The lowest BCUT2D eigenvalue weighted by Gasteiger charge is -2.13. The lowest BCUT2D eigenvalue weighted by molar-refractivity contribution is -0.124. The van der Waals surface area contributed by atoms with Gasteiger partial charge in [-0.2, -0.15) is 5.10 Å². The number of carbonyl (C=O) groups is 2. The Morgan fingerprint density at radius 2 is 1.74 bits per heavy atom. The van der Waals surface area contributed by atoms with Crippen LogP contribution in [0, 0.1) is 0 Å². The third kappa shape index (κ3) is 8.28. The van der Waals surface area contributed by atoms with Gasteiger partial charge in [-0.1, -0.05) is 47.5 Å². The fourth-order valence-electron chi connectivity index (χ4n) is 2.93. The number of para-hydroxylation sites is 1. The van der Waals surface area contributed by atoms with Crippen molar-refractivity contribution in [1.29, 1.82) is 0 Å². The molecule has 3 aromatic rings. The van der Waals surface area contributed by atoms with Gasteiger partial charge in [0.15, 0.2) is 11.5 Å². The molecular weight excluding hydrogens is 557 g/mol. The van der Waals surface area contributed by atoms with Crippen LogP contribution in [-0.2, 0) is 16.2 Å². The maximum atomic E-state index is 12.0. The smallest absolute Gasteiger partial charge is 0.240 e. The van der Waals surface area contributed by atoms with Gasteiger partial charge in [-0.05, 0) is 63.5 Å². The van der Waals surface area contributed by atoms with E-state index >= 15 is 0 Å². The van der Waals surface area contributed by atoms with E-state index in [-0.39, 0.29) is 18.7 Å². The van der Waals surface area contributed by atoms with E-state index in [4.69, 9.17) is 32.7 Å². The summed E-state index contributed by atoms with van der Waals surface area (Å²) in [5.74, 6) is 0.315. The Morgan fingerprint density at radius 1 is 1.03 bits per heavy atom. The van der Waals surface area contributed by atoms with E-state index in [1.54, 1.807) is 48.5 Å². The summed E-state index contributed by atoms with van der Waals surface area (Å²) in [6, 6.07) is 17.8. The predicted molar refractivity (Wildman–Crippen MR) is 142 cm³/mol. The third-order valence-electron chi connectivity index (χ3n) is 4.68. The SMILES string of the molecule is COc1cc(C=NNC(=O)CCC(=O)Nc2ccccc2Cl)cc(Br)c1OCc1ccc(Cl)cc1. The molecule has 0 aliphatic carbocycles. The summed E-state index contributed by atoms with van der Waals surface area (Å²) in [5.41, 5.74) is 4.54. The minimum atomic E-state index is -0.399. The predicted octanol–water partition coefficient (Wildman–Crippen LogP) is 6.21. The molecule has 10 heteroatoms. The first-order valence-electron chi connectivity index (χ1n) is 10.5. The number of anilines is 1. The molecule has 0 saturated carbocycles. The van der Waals surface area contributed by atoms with E-state index in [2.05, 4.69) is 31.8 Å². The van der Waals surface area contributed by atoms with Gasteiger partial charge in [0, 0.05) is 17.9 Å². The average Bonchev–Trinajstić information content (AvgIpc) is 2.84. The van der Waals surface area contributed by atoms with E-state index < -0.39 is 5.91 Å². The number of benzene rings is 3. The lowest BCUT2D eigenvalue weighted by Crippen LogP contribution is -2.20. The monoisotopic (exact) mass is 577 g/mol. The van der Waals surface area contributed by atoms with Crippen LogP contribution in [0.15, 0.2) is 70.2 Å². The molecule has 0 bridgehead atoms. The number of amides is 2. The van der Waals surface area contributed by atoms with Gasteiger partial charge in [0.25, 0.3) is 0 Å². The van der Waals surface area contributed by atoms with Gasteiger partial charge >= 0.3 is 0 Å². The molecule has 0 fully saturated rings. The first-order valence-corrected chi connectivity index (χ1v) is 12.0. The van der Waals surface area contributed by atoms with Gasteiger partial charge in [0.1, 0.15) is 6.61 Å². The Morgan fingerprint density at radius 3 is 2.46 bits per heavy atom. The average molecular weight is 579 g/mol. The molecule has 0 unspecified atom stereocenters. The quantitative estimate of drug-likeness (QED) is 0.221. The zero-order valence-electron chi connectivity index (χ0n) is 18.7. The molecular formula is C25H22BrCl2N3O4. The normalized spacial score (nSPS) is 10.7. The van der Waals surface area contributed by atoms with Gasteiger partial charge in [-0.25, -0.2) is 5.43 Å². The van der Waals surface area contributed by atoms with Gasteiger partial charge in [0.05, 0.1) is 28.5 Å². The second kappa shape index (κ2) is 13.1. The third-order valence-corrected chi connectivity index (χ3v) is 5.85. The standard InChI is InChI=1S/C25H22BrCl2N3O4/c1-34-22-13-17(12-19(26)25(22)35-15-16-6-8-18(27)9-7-16)14-29-31-24(33)11-10-23(32)30-21-5-3-2-4-20(21)28/h2-9,12-14H,10-11,15H2,1H3,(H,30,32)(H,31,33). The number of halogens is 3. The van der Waals surface area contributed by atoms with Gasteiger partial charge in [-0.3, -0.25) is 9.59 Å². The molecule has 0 aliphatic heterocycles. The van der Waals surface area contributed by atoms with Crippen LogP contribution < -0.4 is 20.2 Å². The summed E-state index contributed by atoms with van der Waals surface area (Å²) in [7, 11) is 1.54. The number of carbonyl (C=O) groups excluding carboxylic acids is 2. The van der Waals surface area contributed by atoms with Crippen LogP contribution in [0.5, 0.6) is 11.5 Å². The van der Waals surface area contributed by atoms with Crippen LogP contribution in [0.4, 0.5) is 5.69 Å². The number of nitrogens with one attached hydrogen (secondary N) is 2. The highest BCUT2D eigenvalue weighted by molar-refractivity contribution is 9.10. The van der Waals surface area contributed by atoms with E-state index in [9.17, 15) is 9.59 Å². The summed E-state index contributed by atoms with van der Waals surface area (Å²) in [4.78, 5) is 24.1. The molecule has 0 atom stereocenters. The van der Waals surface area contributed by atoms with Crippen LogP contribution in [0.25, 0.3) is 0 Å². The Bertz CT molecular complexity index is 1220. The van der Waals surface area contributed by atoms with Gasteiger partial charge in [0.2, 0.25) is 11.8 Å². The summed E-state index contributed by atoms with van der Waals surface area (Å²) in [6.07, 6.45) is 1.43. The molecule has 0 radical (unpaired) electrons. The van der Waals surface area contributed by atoms with Crippen molar-refractivity contribution < 1.29 is 19.1 Å².